The Hall–Kier alpha value is -2.46. The molecule has 2 aromatic rings. The summed E-state index contributed by atoms with van der Waals surface area (Å²) in [6.07, 6.45) is 0.592. The molecule has 0 aliphatic carbocycles. The van der Waals surface area contributed by atoms with Crippen LogP contribution in [0.15, 0.2) is 64.6 Å². The van der Waals surface area contributed by atoms with Crippen LogP contribution >= 0.6 is 0 Å². The summed E-state index contributed by atoms with van der Waals surface area (Å²) in [6.45, 7) is 0. The molecular formula is C15H14N4. The van der Waals surface area contributed by atoms with E-state index in [2.05, 4.69) is 10.4 Å². The van der Waals surface area contributed by atoms with Crippen molar-refractivity contribution in [3.05, 3.63) is 60.2 Å². The molecule has 2 aromatic carbocycles. The average molecular weight is 250 g/mol. The van der Waals surface area contributed by atoms with E-state index in [1.54, 1.807) is 0 Å². The van der Waals surface area contributed by atoms with E-state index in [1.165, 1.54) is 0 Å². The number of hydrazine groups is 1. The van der Waals surface area contributed by atoms with Gasteiger partial charge in [-0.3, -0.25) is 4.99 Å². The van der Waals surface area contributed by atoms with E-state index in [0.717, 1.165) is 22.6 Å². The van der Waals surface area contributed by atoms with Gasteiger partial charge in [0.15, 0.2) is 0 Å². The van der Waals surface area contributed by atoms with Gasteiger partial charge in [0, 0.05) is 6.42 Å². The summed E-state index contributed by atoms with van der Waals surface area (Å²) in [6, 6.07) is 17.9. The molecule has 0 saturated carbocycles. The van der Waals surface area contributed by atoms with E-state index in [1.807, 2.05) is 54.6 Å². The number of nitrogens with one attached hydrogen (secondary N) is 1. The minimum atomic E-state index is 0.592. The van der Waals surface area contributed by atoms with E-state index >= 15 is 0 Å². The fourth-order valence-corrected chi connectivity index (χ4v) is 2.06. The molecule has 0 fully saturated rings. The largest absolute Gasteiger partial charge is 0.312 e. The lowest BCUT2D eigenvalue weighted by Gasteiger charge is -2.06. The lowest BCUT2D eigenvalue weighted by molar-refractivity contribution is 1.00. The summed E-state index contributed by atoms with van der Waals surface area (Å²) in [4.78, 5) is 9.21. The Bertz CT molecular complexity index is 644. The van der Waals surface area contributed by atoms with Crippen LogP contribution in [0.4, 0.5) is 11.4 Å². The predicted octanol–water partition coefficient (Wildman–Crippen LogP) is 2.70. The molecule has 19 heavy (non-hydrogen) atoms. The van der Waals surface area contributed by atoms with E-state index in [9.17, 15) is 0 Å². The predicted molar refractivity (Wildman–Crippen MR) is 78.1 cm³/mol. The second-order valence-corrected chi connectivity index (χ2v) is 4.29. The van der Waals surface area contributed by atoms with Crippen LogP contribution < -0.4 is 11.3 Å². The van der Waals surface area contributed by atoms with Crippen LogP contribution in [0.5, 0.6) is 0 Å². The van der Waals surface area contributed by atoms with E-state index in [-0.39, 0.29) is 0 Å². The lowest BCUT2D eigenvalue weighted by atomic mass is 10.1. The van der Waals surface area contributed by atoms with Crippen LogP contribution in [-0.2, 0) is 0 Å². The summed E-state index contributed by atoms with van der Waals surface area (Å²) in [7, 11) is 0. The van der Waals surface area contributed by atoms with Crippen molar-refractivity contribution in [2.75, 3.05) is 0 Å². The highest BCUT2D eigenvalue weighted by atomic mass is 15.3. The Morgan fingerprint density at radius 2 is 1.47 bits per heavy atom. The highest BCUT2D eigenvalue weighted by Crippen LogP contribution is 2.30. The van der Waals surface area contributed by atoms with Crippen molar-refractivity contribution in [2.24, 2.45) is 15.8 Å². The molecule has 1 aliphatic rings. The van der Waals surface area contributed by atoms with Crippen molar-refractivity contribution in [3.63, 3.8) is 0 Å². The number of rotatable bonds is 1. The smallest absolute Gasteiger partial charge is 0.122 e. The lowest BCUT2D eigenvalue weighted by Crippen LogP contribution is -2.31. The molecule has 1 heterocycles. The van der Waals surface area contributed by atoms with Crippen molar-refractivity contribution in [3.8, 4) is 0 Å². The number of para-hydroxylation sites is 2. The van der Waals surface area contributed by atoms with Crippen LogP contribution in [-0.4, -0.2) is 11.5 Å². The number of hydrogen-bond donors (Lipinski definition) is 2. The number of nitrogens with zero attached hydrogens (tertiary/aromatic N) is 2. The van der Waals surface area contributed by atoms with Crippen LogP contribution in [0.25, 0.3) is 0 Å². The molecule has 4 heteroatoms. The molecule has 1 aliphatic heterocycles. The van der Waals surface area contributed by atoms with Crippen LogP contribution in [0.2, 0.25) is 0 Å². The Labute approximate surface area is 111 Å². The number of fused-ring (bicyclic) bond motifs is 1. The first-order chi connectivity index (χ1) is 9.36. The van der Waals surface area contributed by atoms with Crippen LogP contribution in [0, 0.1) is 0 Å². The minimum Gasteiger partial charge on any atom is -0.312 e. The average Bonchev–Trinajstić information content (AvgIpc) is 2.67. The van der Waals surface area contributed by atoms with Crippen molar-refractivity contribution in [1.82, 2.24) is 5.43 Å². The highest BCUT2D eigenvalue weighted by Gasteiger charge is 2.13. The van der Waals surface area contributed by atoms with Crippen molar-refractivity contribution >= 4 is 22.9 Å². The molecule has 0 saturated heterocycles. The molecule has 0 radical (unpaired) electrons. The Kier molecular flexibility index (Phi) is 3.08. The zero-order chi connectivity index (χ0) is 13.1. The quantitative estimate of drug-likeness (QED) is 0.603. The summed E-state index contributed by atoms with van der Waals surface area (Å²) in [5.41, 5.74) is 6.40. The molecular weight excluding hydrogens is 236 g/mol. The Morgan fingerprint density at radius 3 is 2.16 bits per heavy atom. The number of aliphatic imine (C=N–C) groups is 2. The van der Waals surface area contributed by atoms with Gasteiger partial charge in [0.25, 0.3) is 0 Å². The summed E-state index contributed by atoms with van der Waals surface area (Å²) in [5, 5.41) is 0. The molecule has 3 rings (SSSR count). The summed E-state index contributed by atoms with van der Waals surface area (Å²) in [5.74, 6) is 6.25. The third-order valence-electron chi connectivity index (χ3n) is 3.00. The topological polar surface area (TPSA) is 62.8 Å². The molecule has 0 bridgehead atoms. The Morgan fingerprint density at radius 1 is 0.842 bits per heavy atom. The number of hydrogen-bond acceptors (Lipinski definition) is 4. The van der Waals surface area contributed by atoms with Gasteiger partial charge in [0.2, 0.25) is 0 Å². The molecule has 0 aromatic heterocycles. The number of amidine groups is 1. The molecule has 0 spiro atoms. The maximum atomic E-state index is 5.53. The number of nitrogens with two attached hydrogens (primary N) is 1. The van der Waals surface area contributed by atoms with E-state index in [0.29, 0.717) is 12.3 Å². The molecule has 94 valence electrons. The Balaban J connectivity index is 2.13. The monoisotopic (exact) mass is 250 g/mol. The van der Waals surface area contributed by atoms with Crippen LogP contribution in [0.1, 0.15) is 12.0 Å². The van der Waals surface area contributed by atoms with Crippen molar-refractivity contribution in [1.29, 1.82) is 0 Å². The fourth-order valence-electron chi connectivity index (χ4n) is 2.06. The number of benzene rings is 2. The third kappa shape index (κ3) is 2.39. The van der Waals surface area contributed by atoms with Gasteiger partial charge in [0.05, 0.1) is 17.1 Å². The maximum Gasteiger partial charge on any atom is 0.122 e. The van der Waals surface area contributed by atoms with E-state index < -0.39 is 0 Å². The molecule has 0 unspecified atom stereocenters. The van der Waals surface area contributed by atoms with Gasteiger partial charge in [-0.1, -0.05) is 42.5 Å². The first kappa shape index (κ1) is 11.6. The standard InChI is InChI=1S/C15H14N4/c16-19-15-10-14(11-6-2-1-3-7-11)17-12-8-4-5-9-13(12)18-15/h1-9H,10,16H2,(H,18,19). The fraction of sp³-hybridized carbons (Fsp3) is 0.0667. The van der Waals surface area contributed by atoms with Crippen molar-refractivity contribution < 1.29 is 0 Å². The summed E-state index contributed by atoms with van der Waals surface area (Å²) >= 11 is 0. The van der Waals surface area contributed by atoms with E-state index in [4.69, 9.17) is 10.8 Å². The van der Waals surface area contributed by atoms with Gasteiger partial charge < -0.3 is 5.43 Å². The zero-order valence-corrected chi connectivity index (χ0v) is 10.4. The summed E-state index contributed by atoms with van der Waals surface area (Å²) < 4.78 is 0. The van der Waals surface area contributed by atoms with Gasteiger partial charge in [-0.15, -0.1) is 0 Å². The van der Waals surface area contributed by atoms with Gasteiger partial charge >= 0.3 is 0 Å². The second kappa shape index (κ2) is 5.04. The molecule has 3 N–H and O–H groups in total. The highest BCUT2D eigenvalue weighted by molar-refractivity contribution is 6.14. The SMILES string of the molecule is NNC1=Nc2ccccc2N=C(c2ccccc2)C1. The zero-order valence-electron chi connectivity index (χ0n) is 10.4. The maximum absolute atomic E-state index is 5.53. The molecule has 0 amide bonds. The first-order valence-electron chi connectivity index (χ1n) is 6.13. The second-order valence-electron chi connectivity index (χ2n) is 4.29. The first-order valence-corrected chi connectivity index (χ1v) is 6.13. The molecule has 0 atom stereocenters. The molecule has 4 nitrogen and oxygen atoms in total. The normalized spacial score (nSPS) is 13.9. The van der Waals surface area contributed by atoms with Gasteiger partial charge in [-0.05, 0) is 17.7 Å². The van der Waals surface area contributed by atoms with Gasteiger partial charge in [-0.25, -0.2) is 10.8 Å². The third-order valence-corrected chi connectivity index (χ3v) is 3.00. The van der Waals surface area contributed by atoms with Gasteiger partial charge in [-0.2, -0.15) is 0 Å². The minimum absolute atomic E-state index is 0.592. The van der Waals surface area contributed by atoms with Gasteiger partial charge in [0.1, 0.15) is 5.84 Å². The van der Waals surface area contributed by atoms with Crippen LogP contribution in [0.3, 0.4) is 0 Å². The van der Waals surface area contributed by atoms with Crippen molar-refractivity contribution in [2.45, 2.75) is 6.42 Å².